The zero-order valence-corrected chi connectivity index (χ0v) is 19.4. The van der Waals surface area contributed by atoms with E-state index in [9.17, 15) is 13.2 Å². The molecule has 2 heterocycles. The lowest BCUT2D eigenvalue weighted by Crippen LogP contribution is -2.49. The van der Waals surface area contributed by atoms with Gasteiger partial charge in [-0.2, -0.15) is 4.31 Å². The van der Waals surface area contributed by atoms with Crippen LogP contribution in [0.15, 0.2) is 41.4 Å². The third-order valence-corrected chi connectivity index (χ3v) is 7.76. The van der Waals surface area contributed by atoms with E-state index in [-0.39, 0.29) is 27.4 Å². The van der Waals surface area contributed by atoms with Gasteiger partial charge in [-0.05, 0) is 44.2 Å². The van der Waals surface area contributed by atoms with Crippen molar-refractivity contribution in [2.75, 3.05) is 38.1 Å². The summed E-state index contributed by atoms with van der Waals surface area (Å²) in [5.74, 6) is 0.516. The predicted molar refractivity (Wildman–Crippen MR) is 119 cm³/mol. The maximum absolute atomic E-state index is 13.1. The molecule has 1 fully saturated rings. The first kappa shape index (κ1) is 22.8. The smallest absolute Gasteiger partial charge is 0.255 e. The van der Waals surface area contributed by atoms with Crippen molar-refractivity contribution in [3.05, 3.63) is 52.1 Å². The maximum Gasteiger partial charge on any atom is 0.255 e. The summed E-state index contributed by atoms with van der Waals surface area (Å²) in [4.78, 5) is 21.2. The number of carbonyl (C=O) groups excluding carboxylic acids is 1. The summed E-state index contributed by atoms with van der Waals surface area (Å²) < 4.78 is 26.9. The lowest BCUT2D eigenvalue weighted by molar-refractivity contribution is 0.0746. The molecule has 1 amide bonds. The van der Waals surface area contributed by atoms with Crippen LogP contribution in [0.3, 0.4) is 0 Å². The molecule has 0 bridgehead atoms. The van der Waals surface area contributed by atoms with Crippen LogP contribution in [0, 0.1) is 0 Å². The van der Waals surface area contributed by atoms with E-state index in [0.717, 1.165) is 5.82 Å². The molecule has 1 aromatic carbocycles. The Hall–Kier alpha value is -1.87. The van der Waals surface area contributed by atoms with Gasteiger partial charge in [-0.3, -0.25) is 4.79 Å². The zero-order chi connectivity index (χ0) is 22.1. The fraction of sp³-hybridized carbons (Fsp3) is 0.400. The van der Waals surface area contributed by atoms with Crippen molar-refractivity contribution >= 4 is 45.0 Å². The van der Waals surface area contributed by atoms with E-state index in [0.29, 0.717) is 31.2 Å². The average Bonchev–Trinajstić information content (AvgIpc) is 2.73. The summed E-state index contributed by atoms with van der Waals surface area (Å²) in [6.45, 7) is 5.73. The van der Waals surface area contributed by atoms with Crippen molar-refractivity contribution in [2.45, 2.75) is 24.8 Å². The number of piperazine rings is 1. The van der Waals surface area contributed by atoms with Gasteiger partial charge in [0.2, 0.25) is 10.0 Å². The molecule has 0 unspecified atom stereocenters. The Kier molecular flexibility index (Phi) is 6.91. The van der Waals surface area contributed by atoms with Crippen molar-refractivity contribution in [3.63, 3.8) is 0 Å². The van der Waals surface area contributed by atoms with Gasteiger partial charge in [0.25, 0.3) is 5.91 Å². The van der Waals surface area contributed by atoms with Crippen molar-refractivity contribution in [2.24, 2.45) is 0 Å². The first-order valence-electron chi connectivity index (χ1n) is 9.54. The van der Waals surface area contributed by atoms with Crippen LogP contribution in [0.25, 0.3) is 0 Å². The number of benzene rings is 1. The lowest BCUT2D eigenvalue weighted by Gasteiger charge is -2.35. The minimum absolute atomic E-state index is 0.0513. The van der Waals surface area contributed by atoms with E-state index in [4.69, 9.17) is 23.2 Å². The van der Waals surface area contributed by atoms with Gasteiger partial charge < -0.3 is 9.80 Å². The number of amides is 1. The van der Waals surface area contributed by atoms with E-state index >= 15 is 0 Å². The molecule has 0 spiro atoms. The second kappa shape index (κ2) is 9.09. The second-order valence-corrected chi connectivity index (χ2v) is 10.2. The number of hydrogen-bond donors (Lipinski definition) is 0. The zero-order valence-electron chi connectivity index (χ0n) is 17.0. The molecule has 3 rings (SSSR count). The summed E-state index contributed by atoms with van der Waals surface area (Å²) >= 11 is 12.1. The van der Waals surface area contributed by atoms with Crippen LogP contribution < -0.4 is 4.90 Å². The molecule has 7 nitrogen and oxygen atoms in total. The molecular formula is C20H24Cl2N4O3S. The first-order chi connectivity index (χ1) is 14.1. The number of hydrogen-bond acceptors (Lipinski definition) is 5. The number of sulfonamides is 1. The molecule has 1 aliphatic rings. The molecule has 30 heavy (non-hydrogen) atoms. The van der Waals surface area contributed by atoms with Crippen LogP contribution in [0.2, 0.25) is 10.0 Å². The number of halogens is 2. The van der Waals surface area contributed by atoms with Crippen molar-refractivity contribution in [1.82, 2.24) is 14.2 Å². The van der Waals surface area contributed by atoms with Crippen molar-refractivity contribution in [1.29, 1.82) is 0 Å². The van der Waals surface area contributed by atoms with E-state index in [1.807, 2.05) is 6.07 Å². The Balaban J connectivity index is 1.77. The highest BCUT2D eigenvalue weighted by Gasteiger charge is 2.28. The van der Waals surface area contributed by atoms with Gasteiger partial charge >= 0.3 is 0 Å². The average molecular weight is 471 g/mol. The number of carbonyl (C=O) groups is 1. The third-order valence-electron chi connectivity index (χ3n) is 5.18. The molecule has 1 aromatic heterocycles. The lowest BCUT2D eigenvalue weighted by atomic mass is 10.1. The summed E-state index contributed by atoms with van der Waals surface area (Å²) in [7, 11) is -2.20. The number of aromatic nitrogens is 1. The second-order valence-electron chi connectivity index (χ2n) is 7.37. The third kappa shape index (κ3) is 4.72. The van der Waals surface area contributed by atoms with Gasteiger partial charge in [0.1, 0.15) is 5.82 Å². The summed E-state index contributed by atoms with van der Waals surface area (Å²) in [6, 6.07) is 7.67. The summed E-state index contributed by atoms with van der Waals surface area (Å²) in [5, 5.41) is 0.799. The molecule has 1 saturated heterocycles. The van der Waals surface area contributed by atoms with Crippen LogP contribution in [-0.4, -0.2) is 67.8 Å². The van der Waals surface area contributed by atoms with Crippen molar-refractivity contribution < 1.29 is 13.2 Å². The van der Waals surface area contributed by atoms with Crippen LogP contribution in [-0.2, 0) is 10.0 Å². The minimum atomic E-state index is -3.71. The molecule has 10 heteroatoms. The van der Waals surface area contributed by atoms with Gasteiger partial charge in [-0.1, -0.05) is 23.2 Å². The number of anilines is 1. The quantitative estimate of drug-likeness (QED) is 0.669. The van der Waals surface area contributed by atoms with Gasteiger partial charge in [0.15, 0.2) is 0 Å². The fourth-order valence-corrected chi connectivity index (χ4v) is 4.84. The Bertz CT molecular complexity index is 1020. The van der Waals surface area contributed by atoms with Crippen LogP contribution >= 0.6 is 23.2 Å². The molecule has 2 aromatic rings. The number of nitrogens with zero attached hydrogens (tertiary/aromatic N) is 4. The Labute approximate surface area is 187 Å². The highest BCUT2D eigenvalue weighted by Crippen LogP contribution is 2.25. The maximum atomic E-state index is 13.1. The molecule has 0 atom stereocenters. The topological polar surface area (TPSA) is 73.8 Å². The summed E-state index contributed by atoms with van der Waals surface area (Å²) in [5.41, 5.74) is 0.188. The van der Waals surface area contributed by atoms with E-state index < -0.39 is 10.0 Å². The Morgan fingerprint density at radius 1 is 1.10 bits per heavy atom. The Morgan fingerprint density at radius 2 is 1.77 bits per heavy atom. The van der Waals surface area contributed by atoms with E-state index in [1.165, 1.54) is 29.6 Å². The highest BCUT2D eigenvalue weighted by molar-refractivity contribution is 7.89. The predicted octanol–water partition coefficient (Wildman–Crippen LogP) is 3.38. The van der Waals surface area contributed by atoms with Gasteiger partial charge in [0, 0.05) is 45.5 Å². The van der Waals surface area contributed by atoms with Gasteiger partial charge in [0.05, 0.1) is 20.5 Å². The molecular weight excluding hydrogens is 447 g/mol. The SMILES string of the molecule is CC(C)N(C)S(=O)(=O)c1ccc(Cl)c(C(=O)N2CCN(c3ccc(Cl)cn3)CC2)c1. The molecule has 0 N–H and O–H groups in total. The van der Waals surface area contributed by atoms with Crippen LogP contribution in [0.5, 0.6) is 0 Å². The Morgan fingerprint density at radius 3 is 2.33 bits per heavy atom. The molecule has 1 aliphatic heterocycles. The van der Waals surface area contributed by atoms with Crippen molar-refractivity contribution in [3.8, 4) is 0 Å². The largest absolute Gasteiger partial charge is 0.353 e. The van der Waals surface area contributed by atoms with Gasteiger partial charge in [-0.25, -0.2) is 13.4 Å². The number of rotatable bonds is 5. The summed E-state index contributed by atoms with van der Waals surface area (Å²) in [6.07, 6.45) is 1.59. The fourth-order valence-electron chi connectivity index (χ4n) is 3.14. The monoisotopic (exact) mass is 470 g/mol. The van der Waals surface area contributed by atoms with E-state index in [2.05, 4.69) is 9.88 Å². The molecule has 162 valence electrons. The standard InChI is InChI=1S/C20H24Cl2N4O3S/c1-14(2)24(3)30(28,29)16-5-6-18(22)17(12-16)20(27)26-10-8-25(9-11-26)19-7-4-15(21)13-23-19/h4-7,12-14H,8-11H2,1-3H3. The molecule has 0 aliphatic carbocycles. The van der Waals surface area contributed by atoms with Crippen LogP contribution in [0.1, 0.15) is 24.2 Å². The normalized spacial score (nSPS) is 15.2. The highest BCUT2D eigenvalue weighted by atomic mass is 35.5. The molecule has 0 radical (unpaired) electrons. The van der Waals surface area contributed by atoms with E-state index in [1.54, 1.807) is 31.0 Å². The number of pyridine rings is 1. The first-order valence-corrected chi connectivity index (χ1v) is 11.7. The van der Waals surface area contributed by atoms with Crippen LogP contribution in [0.4, 0.5) is 5.82 Å². The molecule has 0 saturated carbocycles. The van der Waals surface area contributed by atoms with Gasteiger partial charge in [-0.15, -0.1) is 0 Å². The minimum Gasteiger partial charge on any atom is -0.353 e.